The van der Waals surface area contributed by atoms with Gasteiger partial charge in [-0.05, 0) is 30.0 Å². The van der Waals surface area contributed by atoms with Crippen LogP contribution in [0.15, 0.2) is 18.3 Å². The summed E-state index contributed by atoms with van der Waals surface area (Å²) >= 11 is 6.10. The van der Waals surface area contributed by atoms with E-state index in [9.17, 15) is 0 Å². The van der Waals surface area contributed by atoms with E-state index in [0.717, 1.165) is 23.4 Å². The van der Waals surface area contributed by atoms with E-state index in [0.29, 0.717) is 0 Å². The van der Waals surface area contributed by atoms with Crippen LogP contribution in [0.5, 0.6) is 0 Å². The van der Waals surface area contributed by atoms with Crippen molar-refractivity contribution >= 4 is 22.5 Å². The zero-order chi connectivity index (χ0) is 9.71. The van der Waals surface area contributed by atoms with E-state index in [2.05, 4.69) is 4.98 Å². The van der Waals surface area contributed by atoms with Gasteiger partial charge >= 0.3 is 0 Å². The van der Waals surface area contributed by atoms with Crippen LogP contribution in [0.4, 0.5) is 0 Å². The molecule has 0 saturated heterocycles. The van der Waals surface area contributed by atoms with Crippen LogP contribution in [0.1, 0.15) is 23.6 Å². The van der Waals surface area contributed by atoms with Gasteiger partial charge in [0.05, 0.1) is 10.5 Å². The topological polar surface area (TPSA) is 41.8 Å². The van der Waals surface area contributed by atoms with Crippen LogP contribution in [0.2, 0.25) is 5.02 Å². The van der Waals surface area contributed by atoms with Crippen LogP contribution in [0.3, 0.4) is 0 Å². The maximum absolute atomic E-state index is 6.10. The minimum Gasteiger partial charge on any atom is -0.360 e. The molecule has 0 fully saturated rings. The fourth-order valence-corrected chi connectivity index (χ4v) is 2.50. The van der Waals surface area contributed by atoms with Crippen molar-refractivity contribution in [1.82, 2.24) is 4.98 Å². The van der Waals surface area contributed by atoms with Gasteiger partial charge in [-0.2, -0.15) is 0 Å². The summed E-state index contributed by atoms with van der Waals surface area (Å²) in [4.78, 5) is 3.22. The number of H-pyrrole nitrogens is 1. The normalized spacial score (nSPS) is 20.3. The predicted octanol–water partition coefficient (Wildman–Crippen LogP) is 2.77. The second-order valence-electron chi connectivity index (χ2n) is 3.85. The molecule has 14 heavy (non-hydrogen) atoms. The lowest BCUT2D eigenvalue weighted by molar-refractivity contribution is 0.643. The van der Waals surface area contributed by atoms with E-state index in [1.807, 2.05) is 18.3 Å². The van der Waals surface area contributed by atoms with Crippen LogP contribution in [-0.2, 0) is 6.42 Å². The van der Waals surface area contributed by atoms with Gasteiger partial charge in [0.15, 0.2) is 0 Å². The number of benzene rings is 1. The van der Waals surface area contributed by atoms with E-state index in [4.69, 9.17) is 17.3 Å². The standard InChI is InChI=1S/C11H11ClN2/c12-8-3-2-7-9(13)4-1-6-5-14-11(8)10(6)7/h2-3,5,9,14H,1,4,13H2. The van der Waals surface area contributed by atoms with Crippen molar-refractivity contribution in [3.05, 3.63) is 34.5 Å². The first kappa shape index (κ1) is 8.33. The van der Waals surface area contributed by atoms with E-state index in [1.54, 1.807) is 0 Å². The molecule has 0 aliphatic heterocycles. The van der Waals surface area contributed by atoms with Crippen molar-refractivity contribution < 1.29 is 0 Å². The van der Waals surface area contributed by atoms with Gasteiger partial charge in [0.1, 0.15) is 0 Å². The third-order valence-corrected chi connectivity index (χ3v) is 3.34. The van der Waals surface area contributed by atoms with Crippen LogP contribution in [0.25, 0.3) is 10.9 Å². The first-order valence-electron chi connectivity index (χ1n) is 4.81. The van der Waals surface area contributed by atoms with Gasteiger partial charge in [-0.15, -0.1) is 0 Å². The Balaban J connectivity index is 2.46. The first-order valence-corrected chi connectivity index (χ1v) is 5.19. The number of hydrogen-bond acceptors (Lipinski definition) is 1. The van der Waals surface area contributed by atoms with Crippen molar-refractivity contribution in [1.29, 1.82) is 0 Å². The van der Waals surface area contributed by atoms with Crippen molar-refractivity contribution in [3.8, 4) is 0 Å². The Hall–Kier alpha value is -0.990. The molecule has 0 spiro atoms. The molecule has 1 aromatic heterocycles. The van der Waals surface area contributed by atoms with Gasteiger partial charge in [0.25, 0.3) is 0 Å². The molecular weight excluding hydrogens is 196 g/mol. The van der Waals surface area contributed by atoms with E-state index in [1.165, 1.54) is 16.5 Å². The molecule has 1 aromatic carbocycles. The third kappa shape index (κ3) is 0.954. The molecule has 0 amide bonds. The van der Waals surface area contributed by atoms with Gasteiger partial charge in [0, 0.05) is 17.6 Å². The Morgan fingerprint density at radius 3 is 3.14 bits per heavy atom. The van der Waals surface area contributed by atoms with Gasteiger partial charge < -0.3 is 10.7 Å². The maximum atomic E-state index is 6.10. The summed E-state index contributed by atoms with van der Waals surface area (Å²) in [6, 6.07) is 4.13. The molecule has 3 heteroatoms. The van der Waals surface area contributed by atoms with Crippen LogP contribution in [-0.4, -0.2) is 4.98 Å². The first-order chi connectivity index (χ1) is 6.77. The summed E-state index contributed by atoms with van der Waals surface area (Å²) in [5.41, 5.74) is 9.67. The quantitative estimate of drug-likeness (QED) is 0.684. The smallest absolute Gasteiger partial charge is 0.0649 e. The summed E-state index contributed by atoms with van der Waals surface area (Å²) in [6.07, 6.45) is 4.13. The molecule has 0 bridgehead atoms. The molecule has 2 aromatic rings. The number of halogens is 1. The Morgan fingerprint density at radius 1 is 1.43 bits per heavy atom. The fourth-order valence-electron chi connectivity index (χ4n) is 2.28. The summed E-state index contributed by atoms with van der Waals surface area (Å²) < 4.78 is 0. The Morgan fingerprint density at radius 2 is 2.29 bits per heavy atom. The van der Waals surface area contributed by atoms with Crippen molar-refractivity contribution in [2.45, 2.75) is 18.9 Å². The highest BCUT2D eigenvalue weighted by Gasteiger charge is 2.20. The lowest BCUT2D eigenvalue weighted by Gasteiger charge is -2.19. The van der Waals surface area contributed by atoms with Crippen molar-refractivity contribution in [3.63, 3.8) is 0 Å². The second kappa shape index (κ2) is 2.75. The zero-order valence-electron chi connectivity index (χ0n) is 7.68. The Kier molecular flexibility index (Phi) is 1.64. The fraction of sp³-hybridized carbons (Fsp3) is 0.273. The second-order valence-corrected chi connectivity index (χ2v) is 4.25. The molecule has 1 unspecified atom stereocenters. The van der Waals surface area contributed by atoms with E-state index < -0.39 is 0 Å². The maximum Gasteiger partial charge on any atom is 0.0649 e. The van der Waals surface area contributed by atoms with E-state index in [-0.39, 0.29) is 6.04 Å². The molecule has 3 rings (SSSR count). The zero-order valence-corrected chi connectivity index (χ0v) is 8.43. The molecule has 3 N–H and O–H groups in total. The third-order valence-electron chi connectivity index (χ3n) is 3.02. The monoisotopic (exact) mass is 206 g/mol. The number of nitrogens with one attached hydrogen (secondary N) is 1. The summed E-state index contributed by atoms with van der Waals surface area (Å²) in [5, 5.41) is 2.03. The molecule has 72 valence electrons. The Bertz CT molecular complexity index is 501. The predicted molar refractivity (Wildman–Crippen MR) is 58.6 cm³/mol. The molecule has 1 aliphatic carbocycles. The molecule has 1 atom stereocenters. The number of aryl methyl sites for hydroxylation is 1. The largest absolute Gasteiger partial charge is 0.360 e. The van der Waals surface area contributed by atoms with Crippen molar-refractivity contribution in [2.75, 3.05) is 0 Å². The van der Waals surface area contributed by atoms with Crippen LogP contribution in [0, 0.1) is 0 Å². The molecule has 0 saturated carbocycles. The number of aromatic nitrogens is 1. The summed E-state index contributed by atoms with van der Waals surface area (Å²) in [6.45, 7) is 0. The highest BCUT2D eigenvalue weighted by Crippen LogP contribution is 2.36. The van der Waals surface area contributed by atoms with Crippen LogP contribution < -0.4 is 5.73 Å². The minimum absolute atomic E-state index is 0.165. The Labute approximate surface area is 87.1 Å². The SMILES string of the molecule is NC1CCc2c[nH]c3c(Cl)ccc1c23. The lowest BCUT2D eigenvalue weighted by atomic mass is 9.89. The number of nitrogens with two attached hydrogens (primary N) is 1. The van der Waals surface area contributed by atoms with Gasteiger partial charge in [-0.25, -0.2) is 0 Å². The highest BCUT2D eigenvalue weighted by atomic mass is 35.5. The molecule has 0 radical (unpaired) electrons. The number of rotatable bonds is 0. The molecule has 1 heterocycles. The van der Waals surface area contributed by atoms with Gasteiger partial charge in [-0.3, -0.25) is 0 Å². The van der Waals surface area contributed by atoms with Crippen LogP contribution >= 0.6 is 11.6 Å². The average molecular weight is 207 g/mol. The van der Waals surface area contributed by atoms with E-state index >= 15 is 0 Å². The average Bonchev–Trinajstić information content (AvgIpc) is 2.60. The molecular formula is C11H11ClN2. The lowest BCUT2D eigenvalue weighted by Crippen LogP contribution is -2.15. The number of aromatic amines is 1. The molecule has 2 nitrogen and oxygen atoms in total. The molecule has 1 aliphatic rings. The van der Waals surface area contributed by atoms with Gasteiger partial charge in [0.2, 0.25) is 0 Å². The van der Waals surface area contributed by atoms with Gasteiger partial charge in [-0.1, -0.05) is 17.7 Å². The number of hydrogen-bond donors (Lipinski definition) is 2. The summed E-state index contributed by atoms with van der Waals surface area (Å²) in [7, 11) is 0. The van der Waals surface area contributed by atoms with Crippen molar-refractivity contribution in [2.24, 2.45) is 5.73 Å². The highest BCUT2D eigenvalue weighted by molar-refractivity contribution is 6.35. The minimum atomic E-state index is 0.165. The summed E-state index contributed by atoms with van der Waals surface area (Å²) in [5.74, 6) is 0.